The molecule has 2 N–H and O–H groups in total. The van der Waals surface area contributed by atoms with Gasteiger partial charge in [-0.15, -0.1) is 0 Å². The van der Waals surface area contributed by atoms with Crippen molar-refractivity contribution in [3.8, 4) is 0 Å². The lowest BCUT2D eigenvalue weighted by Gasteiger charge is -2.22. The van der Waals surface area contributed by atoms with Crippen LogP contribution in [0.2, 0.25) is 0 Å². The number of ether oxygens (including phenoxy) is 1. The van der Waals surface area contributed by atoms with Crippen LogP contribution in [-0.4, -0.2) is 49.0 Å². The van der Waals surface area contributed by atoms with E-state index in [2.05, 4.69) is 5.32 Å². The first-order valence-electron chi connectivity index (χ1n) is 4.62. The van der Waals surface area contributed by atoms with Gasteiger partial charge in [0.1, 0.15) is 0 Å². The molecule has 0 saturated heterocycles. The standard InChI is InChI=1S/C9H21NO2S/c1-4-12-6-5-10-7-9(2,11)8-13-3/h10-11H,4-8H2,1-3H3. The first-order valence-corrected chi connectivity index (χ1v) is 6.01. The van der Waals surface area contributed by atoms with Crippen LogP contribution in [0.3, 0.4) is 0 Å². The Hall–Kier alpha value is 0.230. The molecule has 0 fully saturated rings. The van der Waals surface area contributed by atoms with Crippen LogP contribution in [0.1, 0.15) is 13.8 Å². The normalized spacial score (nSPS) is 15.7. The van der Waals surface area contributed by atoms with Gasteiger partial charge in [0.15, 0.2) is 0 Å². The van der Waals surface area contributed by atoms with Crippen LogP contribution in [0.25, 0.3) is 0 Å². The molecule has 0 spiro atoms. The van der Waals surface area contributed by atoms with E-state index in [0.29, 0.717) is 13.2 Å². The summed E-state index contributed by atoms with van der Waals surface area (Å²) in [6.45, 7) is 6.72. The third-order valence-electron chi connectivity index (χ3n) is 1.59. The molecule has 0 aliphatic heterocycles. The van der Waals surface area contributed by atoms with Crippen molar-refractivity contribution in [2.45, 2.75) is 19.4 Å². The summed E-state index contributed by atoms with van der Waals surface area (Å²) in [6.07, 6.45) is 1.99. The van der Waals surface area contributed by atoms with Crippen LogP contribution in [-0.2, 0) is 4.74 Å². The Labute approximate surface area is 85.2 Å². The molecule has 3 nitrogen and oxygen atoms in total. The molecule has 0 saturated carbocycles. The van der Waals surface area contributed by atoms with Crippen molar-refractivity contribution in [2.24, 2.45) is 0 Å². The maximum absolute atomic E-state index is 9.75. The molecule has 0 aliphatic rings. The van der Waals surface area contributed by atoms with Crippen LogP contribution in [0.15, 0.2) is 0 Å². The molecule has 0 aromatic heterocycles. The van der Waals surface area contributed by atoms with Gasteiger partial charge in [-0.2, -0.15) is 11.8 Å². The van der Waals surface area contributed by atoms with E-state index in [4.69, 9.17) is 4.74 Å². The van der Waals surface area contributed by atoms with Gasteiger partial charge in [0.2, 0.25) is 0 Å². The van der Waals surface area contributed by atoms with Crippen molar-refractivity contribution in [2.75, 3.05) is 38.3 Å². The van der Waals surface area contributed by atoms with Crippen molar-refractivity contribution in [1.82, 2.24) is 5.32 Å². The predicted octanol–water partition coefficient (Wildman–Crippen LogP) is 0.727. The molecule has 4 heteroatoms. The van der Waals surface area contributed by atoms with E-state index in [1.54, 1.807) is 11.8 Å². The fourth-order valence-corrected chi connectivity index (χ4v) is 1.73. The average Bonchev–Trinajstić information content (AvgIpc) is 2.04. The molecule has 0 aromatic carbocycles. The Balaban J connectivity index is 3.29. The second-order valence-corrected chi connectivity index (χ2v) is 4.17. The number of hydrogen-bond acceptors (Lipinski definition) is 4. The van der Waals surface area contributed by atoms with Crippen molar-refractivity contribution in [3.05, 3.63) is 0 Å². The van der Waals surface area contributed by atoms with Crippen molar-refractivity contribution in [1.29, 1.82) is 0 Å². The monoisotopic (exact) mass is 207 g/mol. The third kappa shape index (κ3) is 8.56. The summed E-state index contributed by atoms with van der Waals surface area (Å²) in [5, 5.41) is 12.9. The van der Waals surface area contributed by atoms with E-state index in [0.717, 1.165) is 18.9 Å². The van der Waals surface area contributed by atoms with Gasteiger partial charge < -0.3 is 15.2 Å². The summed E-state index contributed by atoms with van der Waals surface area (Å²) in [5.41, 5.74) is -0.606. The lowest BCUT2D eigenvalue weighted by Crippen LogP contribution is -2.41. The summed E-state index contributed by atoms with van der Waals surface area (Å²) >= 11 is 1.66. The minimum Gasteiger partial charge on any atom is -0.388 e. The zero-order chi connectivity index (χ0) is 10.2. The number of nitrogens with one attached hydrogen (secondary N) is 1. The maximum Gasteiger partial charge on any atom is 0.0833 e. The van der Waals surface area contributed by atoms with Gasteiger partial charge >= 0.3 is 0 Å². The van der Waals surface area contributed by atoms with E-state index in [1.807, 2.05) is 20.1 Å². The topological polar surface area (TPSA) is 41.5 Å². The van der Waals surface area contributed by atoms with E-state index < -0.39 is 5.60 Å². The van der Waals surface area contributed by atoms with Crippen molar-refractivity contribution in [3.63, 3.8) is 0 Å². The zero-order valence-corrected chi connectivity index (χ0v) is 9.62. The number of hydrogen-bond donors (Lipinski definition) is 2. The van der Waals surface area contributed by atoms with Gasteiger partial charge in [-0.05, 0) is 20.1 Å². The Morgan fingerprint density at radius 2 is 2.23 bits per heavy atom. The van der Waals surface area contributed by atoms with Gasteiger partial charge in [0.25, 0.3) is 0 Å². The zero-order valence-electron chi connectivity index (χ0n) is 8.80. The van der Waals surface area contributed by atoms with Crippen molar-refractivity contribution >= 4 is 11.8 Å². The number of rotatable bonds is 8. The molecule has 0 bridgehead atoms. The molecule has 1 unspecified atom stereocenters. The molecule has 0 heterocycles. The smallest absolute Gasteiger partial charge is 0.0833 e. The quantitative estimate of drug-likeness (QED) is 0.576. The molecule has 0 amide bonds. The largest absolute Gasteiger partial charge is 0.388 e. The first kappa shape index (κ1) is 13.2. The molecular weight excluding hydrogens is 186 g/mol. The Morgan fingerprint density at radius 1 is 1.54 bits per heavy atom. The molecule has 0 aromatic rings. The van der Waals surface area contributed by atoms with Crippen LogP contribution in [0.4, 0.5) is 0 Å². The predicted molar refractivity (Wildman–Crippen MR) is 58.4 cm³/mol. The highest BCUT2D eigenvalue weighted by molar-refractivity contribution is 7.98. The summed E-state index contributed by atoms with van der Waals surface area (Å²) in [5.74, 6) is 0.759. The molecule has 13 heavy (non-hydrogen) atoms. The van der Waals surface area contributed by atoms with Crippen LogP contribution in [0, 0.1) is 0 Å². The molecular formula is C9H21NO2S. The third-order valence-corrected chi connectivity index (χ3v) is 2.50. The summed E-state index contributed by atoms with van der Waals surface area (Å²) in [7, 11) is 0. The van der Waals surface area contributed by atoms with Crippen LogP contribution >= 0.6 is 11.8 Å². The van der Waals surface area contributed by atoms with Gasteiger partial charge in [0.05, 0.1) is 12.2 Å². The first-order chi connectivity index (χ1) is 6.12. The average molecular weight is 207 g/mol. The second kappa shape index (κ2) is 7.62. The highest BCUT2D eigenvalue weighted by Crippen LogP contribution is 2.08. The number of thioether (sulfide) groups is 1. The van der Waals surface area contributed by atoms with E-state index in [-0.39, 0.29) is 0 Å². The molecule has 0 aliphatic carbocycles. The second-order valence-electron chi connectivity index (χ2n) is 3.30. The van der Waals surface area contributed by atoms with Crippen LogP contribution in [0.5, 0.6) is 0 Å². The Morgan fingerprint density at radius 3 is 2.77 bits per heavy atom. The van der Waals surface area contributed by atoms with Gasteiger partial charge in [0, 0.05) is 25.4 Å². The van der Waals surface area contributed by atoms with E-state index in [1.165, 1.54) is 0 Å². The SMILES string of the molecule is CCOCCNCC(C)(O)CSC. The van der Waals surface area contributed by atoms with Gasteiger partial charge in [-0.25, -0.2) is 0 Å². The summed E-state index contributed by atoms with van der Waals surface area (Å²) in [6, 6.07) is 0. The molecule has 0 rings (SSSR count). The highest BCUT2D eigenvalue weighted by Gasteiger charge is 2.18. The summed E-state index contributed by atoms with van der Waals surface area (Å²) in [4.78, 5) is 0. The van der Waals surface area contributed by atoms with Gasteiger partial charge in [-0.3, -0.25) is 0 Å². The molecule has 80 valence electrons. The fourth-order valence-electron chi connectivity index (χ4n) is 1.01. The lowest BCUT2D eigenvalue weighted by molar-refractivity contribution is 0.0800. The summed E-state index contributed by atoms with van der Waals surface area (Å²) < 4.78 is 5.16. The minimum absolute atomic E-state index is 0.606. The fraction of sp³-hybridized carbons (Fsp3) is 1.00. The van der Waals surface area contributed by atoms with E-state index in [9.17, 15) is 5.11 Å². The van der Waals surface area contributed by atoms with Crippen molar-refractivity contribution < 1.29 is 9.84 Å². The number of aliphatic hydroxyl groups is 1. The van der Waals surface area contributed by atoms with Gasteiger partial charge in [-0.1, -0.05) is 0 Å². The molecule has 0 radical (unpaired) electrons. The minimum atomic E-state index is -0.606. The highest BCUT2D eigenvalue weighted by atomic mass is 32.2. The van der Waals surface area contributed by atoms with E-state index >= 15 is 0 Å². The Bertz CT molecular complexity index is 120. The maximum atomic E-state index is 9.75. The Kier molecular flexibility index (Phi) is 7.75. The molecule has 1 atom stereocenters. The lowest BCUT2D eigenvalue weighted by atomic mass is 10.1. The van der Waals surface area contributed by atoms with Crippen LogP contribution < -0.4 is 5.32 Å².